The Morgan fingerprint density at radius 2 is 1.67 bits per heavy atom. The second-order valence-electron chi connectivity index (χ2n) is 4.26. The molecular weight excluding hydrogens is 289 g/mol. The minimum Gasteiger partial charge on any atom is -0.256 e. The van der Waals surface area contributed by atoms with Crippen LogP contribution in [0.2, 0.25) is 0 Å². The molecule has 0 bridgehead atoms. The van der Waals surface area contributed by atoms with Crippen LogP contribution in [0.4, 0.5) is 22.0 Å². The Kier molecular flexibility index (Phi) is 2.21. The maximum atomic E-state index is 13.9. The summed E-state index contributed by atoms with van der Waals surface area (Å²) in [5.74, 6) is -5.41. The molecule has 0 saturated heterocycles. The molecule has 21 heavy (non-hydrogen) atoms. The first-order chi connectivity index (χ1) is 12.0. The topological polar surface area (TPSA) is 12.9 Å². The van der Waals surface area contributed by atoms with Crippen LogP contribution in [0.3, 0.4) is 0 Å². The highest BCUT2D eigenvalue weighted by Gasteiger charge is 2.59. The number of pyridine rings is 1. The zero-order valence-corrected chi connectivity index (χ0v) is 10.3. The molecule has 0 radical (unpaired) electrons. The zero-order chi connectivity index (χ0) is 20.8. The normalized spacial score (nSPS) is 18.0. The first-order valence-corrected chi connectivity index (χ1v) is 5.61. The Labute approximate surface area is 126 Å². The third kappa shape index (κ3) is 2.89. The highest BCUT2D eigenvalue weighted by Crippen LogP contribution is 2.45. The van der Waals surface area contributed by atoms with Crippen molar-refractivity contribution in [1.29, 1.82) is 0 Å². The number of benzene rings is 1. The van der Waals surface area contributed by atoms with Crippen LogP contribution in [0.1, 0.15) is 24.9 Å². The first-order valence-electron chi connectivity index (χ1n) is 8.61. The van der Waals surface area contributed by atoms with Gasteiger partial charge in [0.1, 0.15) is 0 Å². The van der Waals surface area contributed by atoms with Gasteiger partial charge in [0, 0.05) is 25.5 Å². The lowest BCUT2D eigenvalue weighted by atomic mass is 10.0. The number of halogens is 5. The molecule has 1 aromatic carbocycles. The first kappa shape index (κ1) is 9.12. The van der Waals surface area contributed by atoms with Crippen molar-refractivity contribution in [2.45, 2.75) is 25.8 Å². The molecule has 0 amide bonds. The summed E-state index contributed by atoms with van der Waals surface area (Å²) >= 11 is 0. The summed E-state index contributed by atoms with van der Waals surface area (Å²) in [5.41, 5.74) is -3.29. The number of rotatable bonds is 2. The van der Waals surface area contributed by atoms with Crippen molar-refractivity contribution in [2.75, 3.05) is 0 Å². The summed E-state index contributed by atoms with van der Waals surface area (Å²) in [6, 6.07) is 5.05. The molecule has 0 atom stereocenters. The number of hydrogen-bond acceptors (Lipinski definition) is 1. The van der Waals surface area contributed by atoms with Crippen molar-refractivity contribution in [3.63, 3.8) is 0 Å². The van der Waals surface area contributed by atoms with E-state index >= 15 is 0 Å². The van der Waals surface area contributed by atoms with Crippen LogP contribution in [-0.4, -0.2) is 11.2 Å². The molecule has 112 valence electrons. The number of aryl methyl sites for hydroxylation is 2. The van der Waals surface area contributed by atoms with E-state index in [2.05, 4.69) is 4.98 Å². The minimum absolute atomic E-state index is 0.0549. The van der Waals surface area contributed by atoms with Gasteiger partial charge >= 0.3 is 12.1 Å². The lowest BCUT2D eigenvalue weighted by Crippen LogP contribution is -2.34. The minimum atomic E-state index is -6.00. The third-order valence-corrected chi connectivity index (χ3v) is 2.78. The van der Waals surface area contributed by atoms with E-state index in [0.717, 1.165) is 12.1 Å². The van der Waals surface area contributed by atoms with Crippen LogP contribution in [0.15, 0.2) is 36.5 Å². The summed E-state index contributed by atoms with van der Waals surface area (Å²) in [5, 5.41) is 0. The molecule has 1 aromatic heterocycles. The number of aromatic nitrogens is 1. The number of hydrogen-bond donors (Lipinski definition) is 0. The Hall–Kier alpha value is -1.98. The standard InChI is InChI=1S/C15H12F5N/c1-9-3-5-11(6-4-9)13-7-12(10(2)8-21-13)14(16,17)15(18,19)20/h3-8H,1-2H3/i1D3,2D3. The van der Waals surface area contributed by atoms with Gasteiger partial charge in [0.15, 0.2) is 0 Å². The molecule has 0 spiro atoms. The molecule has 2 aromatic rings. The fraction of sp³-hybridized carbons (Fsp3) is 0.267. The number of nitrogens with zero attached hydrogens (tertiary/aromatic N) is 1. The Balaban J connectivity index is 2.63. The fourth-order valence-electron chi connectivity index (χ4n) is 1.67. The predicted octanol–water partition coefficient (Wildman–Crippen LogP) is 5.02. The van der Waals surface area contributed by atoms with Crippen LogP contribution < -0.4 is 0 Å². The highest BCUT2D eigenvalue weighted by molar-refractivity contribution is 5.61. The van der Waals surface area contributed by atoms with Gasteiger partial charge in [0.25, 0.3) is 0 Å². The zero-order valence-electron chi connectivity index (χ0n) is 16.3. The van der Waals surface area contributed by atoms with Gasteiger partial charge in [-0.05, 0) is 25.3 Å². The van der Waals surface area contributed by atoms with E-state index < -0.39 is 36.9 Å². The van der Waals surface area contributed by atoms with Gasteiger partial charge in [-0.2, -0.15) is 22.0 Å². The van der Waals surface area contributed by atoms with Gasteiger partial charge in [-0.1, -0.05) is 29.8 Å². The van der Waals surface area contributed by atoms with Crippen molar-refractivity contribution < 1.29 is 30.2 Å². The van der Waals surface area contributed by atoms with Crippen LogP contribution >= 0.6 is 0 Å². The summed E-state index contributed by atoms with van der Waals surface area (Å²) in [6.07, 6.45) is -5.55. The van der Waals surface area contributed by atoms with E-state index in [4.69, 9.17) is 8.22 Å². The maximum Gasteiger partial charge on any atom is 0.458 e. The second-order valence-corrected chi connectivity index (χ2v) is 4.26. The summed E-state index contributed by atoms with van der Waals surface area (Å²) in [7, 11) is 0. The molecule has 0 unspecified atom stereocenters. The van der Waals surface area contributed by atoms with Crippen molar-refractivity contribution in [3.05, 3.63) is 53.2 Å². The van der Waals surface area contributed by atoms with Crippen molar-refractivity contribution in [1.82, 2.24) is 4.98 Å². The average Bonchev–Trinajstić information content (AvgIpc) is 2.51. The van der Waals surface area contributed by atoms with Gasteiger partial charge in [-0.3, -0.25) is 4.98 Å². The fourth-order valence-corrected chi connectivity index (χ4v) is 1.67. The van der Waals surface area contributed by atoms with Crippen molar-refractivity contribution in [3.8, 4) is 11.3 Å². The van der Waals surface area contributed by atoms with Crippen molar-refractivity contribution >= 4 is 0 Å². The molecular formula is C15H12F5N. The van der Waals surface area contributed by atoms with Crippen LogP contribution in [0.5, 0.6) is 0 Å². The molecule has 0 aliphatic heterocycles. The molecule has 0 N–H and O–H groups in total. The SMILES string of the molecule is [2H]C([2H])([2H])c1ccc(-c2cc(C(F)(F)C(F)(F)F)c(C([2H])([2H])[2H])cn2)cc1. The smallest absolute Gasteiger partial charge is 0.256 e. The van der Waals surface area contributed by atoms with E-state index in [1.807, 2.05) is 0 Å². The van der Waals surface area contributed by atoms with E-state index in [9.17, 15) is 22.0 Å². The van der Waals surface area contributed by atoms with Gasteiger partial charge < -0.3 is 0 Å². The van der Waals surface area contributed by atoms with Crippen LogP contribution in [0, 0.1) is 13.7 Å². The summed E-state index contributed by atoms with van der Waals surface area (Å²) < 4.78 is 110. The van der Waals surface area contributed by atoms with Gasteiger partial charge in [-0.15, -0.1) is 0 Å². The Bertz CT molecular complexity index is 825. The summed E-state index contributed by atoms with van der Waals surface area (Å²) in [4.78, 5) is 3.66. The van der Waals surface area contributed by atoms with E-state index in [1.54, 1.807) is 0 Å². The third-order valence-electron chi connectivity index (χ3n) is 2.78. The maximum absolute atomic E-state index is 13.9. The molecule has 0 aliphatic rings. The Morgan fingerprint density at radius 3 is 2.19 bits per heavy atom. The molecule has 1 heterocycles. The molecule has 0 fully saturated rings. The van der Waals surface area contributed by atoms with Crippen LogP contribution in [-0.2, 0) is 5.92 Å². The second kappa shape index (κ2) is 5.09. The molecule has 6 heteroatoms. The Morgan fingerprint density at radius 1 is 1.00 bits per heavy atom. The van der Waals surface area contributed by atoms with Crippen LogP contribution in [0.25, 0.3) is 11.3 Å². The largest absolute Gasteiger partial charge is 0.458 e. The molecule has 2 rings (SSSR count). The monoisotopic (exact) mass is 307 g/mol. The quantitative estimate of drug-likeness (QED) is 0.710. The number of alkyl halides is 5. The summed E-state index contributed by atoms with van der Waals surface area (Å²) in [6.45, 7) is -5.66. The molecule has 0 saturated carbocycles. The van der Waals surface area contributed by atoms with Gasteiger partial charge in [0.05, 0.1) is 5.69 Å². The van der Waals surface area contributed by atoms with Crippen molar-refractivity contribution in [2.24, 2.45) is 0 Å². The average molecular weight is 307 g/mol. The van der Waals surface area contributed by atoms with E-state index in [0.29, 0.717) is 12.3 Å². The van der Waals surface area contributed by atoms with E-state index in [1.165, 1.54) is 12.1 Å². The predicted molar refractivity (Wildman–Crippen MR) is 69.1 cm³/mol. The van der Waals surface area contributed by atoms with Gasteiger partial charge in [0.2, 0.25) is 0 Å². The lowest BCUT2D eigenvalue weighted by molar-refractivity contribution is -0.289. The highest BCUT2D eigenvalue weighted by atomic mass is 19.4. The molecule has 0 aliphatic carbocycles. The molecule has 1 nitrogen and oxygen atoms in total. The lowest BCUT2D eigenvalue weighted by Gasteiger charge is -2.22. The van der Waals surface area contributed by atoms with Gasteiger partial charge in [-0.25, -0.2) is 0 Å². The van der Waals surface area contributed by atoms with E-state index in [-0.39, 0.29) is 16.8 Å².